The van der Waals surface area contributed by atoms with E-state index in [1.54, 1.807) is 0 Å². The van der Waals surface area contributed by atoms with Gasteiger partial charge in [-0.15, -0.1) is 0 Å². The van der Waals surface area contributed by atoms with Crippen molar-refractivity contribution in [1.29, 1.82) is 0 Å². The lowest BCUT2D eigenvalue weighted by Gasteiger charge is -2.23. The zero-order valence-corrected chi connectivity index (χ0v) is 14.9. The van der Waals surface area contributed by atoms with Crippen LogP contribution in [0.1, 0.15) is 0 Å². The van der Waals surface area contributed by atoms with Gasteiger partial charge in [0.2, 0.25) is 10.0 Å². The van der Waals surface area contributed by atoms with Crippen LogP contribution in [0.15, 0.2) is 23.1 Å². The SMILES string of the molecule is COC(=O)[C@@]12COC[C@@H]1CN(S(=O)(=O)c1ccc(OC)c(Cl)c1)C2. The Balaban J connectivity index is 1.92. The van der Waals surface area contributed by atoms with Crippen LogP contribution >= 0.6 is 11.6 Å². The molecule has 3 rings (SSSR count). The van der Waals surface area contributed by atoms with Crippen LogP contribution in [0, 0.1) is 11.3 Å². The van der Waals surface area contributed by atoms with E-state index in [9.17, 15) is 13.2 Å². The molecule has 1 aromatic carbocycles. The average molecular weight is 376 g/mol. The van der Waals surface area contributed by atoms with Crippen molar-refractivity contribution in [1.82, 2.24) is 4.31 Å². The average Bonchev–Trinajstić information content (AvgIpc) is 3.12. The van der Waals surface area contributed by atoms with E-state index < -0.39 is 21.4 Å². The summed E-state index contributed by atoms with van der Waals surface area (Å²) in [5.41, 5.74) is -0.932. The largest absolute Gasteiger partial charge is 0.495 e. The highest BCUT2D eigenvalue weighted by Gasteiger charge is 2.59. The number of fused-ring (bicyclic) bond motifs is 1. The molecule has 0 amide bonds. The van der Waals surface area contributed by atoms with Gasteiger partial charge in [0, 0.05) is 19.0 Å². The smallest absolute Gasteiger partial charge is 0.315 e. The molecule has 2 atom stereocenters. The summed E-state index contributed by atoms with van der Waals surface area (Å²) >= 11 is 6.04. The second-order valence-corrected chi connectivity index (χ2v) is 8.30. The van der Waals surface area contributed by atoms with Gasteiger partial charge in [0.15, 0.2) is 0 Å². The van der Waals surface area contributed by atoms with Crippen LogP contribution in [0.4, 0.5) is 0 Å². The van der Waals surface area contributed by atoms with Crippen molar-refractivity contribution in [2.45, 2.75) is 4.90 Å². The van der Waals surface area contributed by atoms with Crippen molar-refractivity contribution in [2.75, 3.05) is 40.5 Å². The fourth-order valence-corrected chi connectivity index (χ4v) is 5.22. The summed E-state index contributed by atoms with van der Waals surface area (Å²) in [6.07, 6.45) is 0. The van der Waals surface area contributed by atoms with Crippen LogP contribution in [0.25, 0.3) is 0 Å². The van der Waals surface area contributed by atoms with Gasteiger partial charge in [0.25, 0.3) is 0 Å². The predicted molar refractivity (Wildman–Crippen MR) is 85.5 cm³/mol. The van der Waals surface area contributed by atoms with Crippen molar-refractivity contribution >= 4 is 27.6 Å². The number of halogens is 1. The normalized spacial score (nSPS) is 27.0. The second kappa shape index (κ2) is 6.18. The minimum Gasteiger partial charge on any atom is -0.495 e. The fraction of sp³-hybridized carbons (Fsp3) is 0.533. The Kier molecular flexibility index (Phi) is 4.50. The first-order valence-electron chi connectivity index (χ1n) is 7.35. The molecule has 1 aromatic rings. The second-order valence-electron chi connectivity index (χ2n) is 5.95. The standard InChI is InChI=1S/C15H18ClNO6S/c1-21-13-4-3-11(5-12(13)16)24(19,20)17-6-10-7-23-9-15(10,8-17)14(18)22-2/h3-5,10H,6-9H2,1-2H3/t10-,15-/m0/s1. The minimum absolute atomic E-state index is 0.0380. The van der Waals surface area contributed by atoms with Crippen molar-refractivity contribution in [3.8, 4) is 5.75 Å². The van der Waals surface area contributed by atoms with Gasteiger partial charge in [-0.25, -0.2) is 8.42 Å². The Morgan fingerprint density at radius 2 is 2.17 bits per heavy atom. The molecule has 2 heterocycles. The lowest BCUT2D eigenvalue weighted by Crippen LogP contribution is -2.41. The van der Waals surface area contributed by atoms with Gasteiger partial charge < -0.3 is 14.2 Å². The highest BCUT2D eigenvalue weighted by atomic mass is 35.5. The lowest BCUT2D eigenvalue weighted by molar-refractivity contribution is -0.153. The van der Waals surface area contributed by atoms with Gasteiger partial charge in [0.1, 0.15) is 11.2 Å². The molecule has 0 radical (unpaired) electrons. The van der Waals surface area contributed by atoms with Gasteiger partial charge in [-0.1, -0.05) is 11.6 Å². The molecule has 7 nitrogen and oxygen atoms in total. The Morgan fingerprint density at radius 3 is 2.79 bits per heavy atom. The Bertz CT molecular complexity index is 767. The number of ether oxygens (including phenoxy) is 3. The monoisotopic (exact) mass is 375 g/mol. The number of hydrogen-bond acceptors (Lipinski definition) is 6. The number of carbonyl (C=O) groups excluding carboxylic acids is 1. The number of esters is 1. The van der Waals surface area contributed by atoms with E-state index in [0.29, 0.717) is 12.4 Å². The summed E-state index contributed by atoms with van der Waals surface area (Å²) < 4.78 is 42.4. The molecule has 0 unspecified atom stereocenters. The molecule has 0 aromatic heterocycles. The number of carbonyl (C=O) groups is 1. The van der Waals surface area contributed by atoms with E-state index in [-0.39, 0.29) is 35.5 Å². The van der Waals surface area contributed by atoms with Crippen LogP contribution in [0.5, 0.6) is 5.75 Å². The topological polar surface area (TPSA) is 82.1 Å². The molecule has 0 bridgehead atoms. The van der Waals surface area contributed by atoms with Gasteiger partial charge in [-0.05, 0) is 18.2 Å². The molecule has 9 heteroatoms. The molecule has 0 spiro atoms. The molecule has 2 aliphatic rings. The third-order valence-electron chi connectivity index (χ3n) is 4.70. The van der Waals surface area contributed by atoms with Crippen LogP contribution < -0.4 is 4.74 Å². The van der Waals surface area contributed by atoms with Gasteiger partial charge in [-0.2, -0.15) is 4.31 Å². The number of methoxy groups -OCH3 is 2. The summed E-state index contributed by atoms with van der Waals surface area (Å²) in [5, 5.41) is 0.212. The van der Waals surface area contributed by atoms with E-state index in [2.05, 4.69) is 0 Å². The molecule has 2 fully saturated rings. The van der Waals surface area contributed by atoms with Gasteiger partial charge >= 0.3 is 5.97 Å². The number of hydrogen-bond donors (Lipinski definition) is 0. The van der Waals surface area contributed by atoms with E-state index >= 15 is 0 Å². The van der Waals surface area contributed by atoms with Crippen molar-refractivity contribution in [3.05, 3.63) is 23.2 Å². The summed E-state index contributed by atoms with van der Waals surface area (Å²) in [6.45, 7) is 0.752. The fourth-order valence-electron chi connectivity index (χ4n) is 3.32. The van der Waals surface area contributed by atoms with Crippen molar-refractivity contribution in [3.63, 3.8) is 0 Å². The summed E-state index contributed by atoms with van der Waals surface area (Å²) in [5.74, 6) is -0.253. The van der Waals surface area contributed by atoms with E-state index in [1.165, 1.54) is 36.7 Å². The van der Waals surface area contributed by atoms with E-state index in [4.69, 9.17) is 25.8 Å². The number of sulfonamides is 1. The molecule has 24 heavy (non-hydrogen) atoms. The third-order valence-corrected chi connectivity index (χ3v) is 6.80. The summed E-state index contributed by atoms with van der Waals surface area (Å²) in [7, 11) is -1.02. The van der Waals surface area contributed by atoms with Crippen molar-refractivity contribution in [2.24, 2.45) is 11.3 Å². The first-order valence-corrected chi connectivity index (χ1v) is 9.17. The zero-order chi connectivity index (χ0) is 17.5. The van der Waals surface area contributed by atoms with Crippen molar-refractivity contribution < 1.29 is 27.4 Å². The Hall–Kier alpha value is -1.35. The first-order chi connectivity index (χ1) is 11.3. The Morgan fingerprint density at radius 1 is 1.42 bits per heavy atom. The molecule has 0 N–H and O–H groups in total. The van der Waals surface area contributed by atoms with Gasteiger partial charge in [0.05, 0.1) is 37.4 Å². The van der Waals surface area contributed by atoms with E-state index in [0.717, 1.165) is 0 Å². The minimum atomic E-state index is -3.78. The number of rotatable bonds is 4. The van der Waals surface area contributed by atoms with Gasteiger partial charge in [-0.3, -0.25) is 4.79 Å². The maximum atomic E-state index is 12.9. The molecule has 0 saturated carbocycles. The molecular weight excluding hydrogens is 358 g/mol. The number of benzene rings is 1. The quantitative estimate of drug-likeness (QED) is 0.734. The molecular formula is C15H18ClNO6S. The highest BCUT2D eigenvalue weighted by Crippen LogP contribution is 2.44. The highest BCUT2D eigenvalue weighted by molar-refractivity contribution is 7.89. The predicted octanol–water partition coefficient (Wildman–Crippen LogP) is 1.16. The summed E-state index contributed by atoms with van der Waals surface area (Å²) in [4.78, 5) is 12.3. The van der Waals surface area contributed by atoms with E-state index in [1.807, 2.05) is 0 Å². The summed E-state index contributed by atoms with van der Waals surface area (Å²) in [6, 6.07) is 4.30. The Labute approximate surface area is 145 Å². The zero-order valence-electron chi connectivity index (χ0n) is 13.3. The lowest BCUT2D eigenvalue weighted by atomic mass is 9.81. The third kappa shape index (κ3) is 2.57. The first kappa shape index (κ1) is 17.5. The molecule has 2 aliphatic heterocycles. The maximum Gasteiger partial charge on any atom is 0.315 e. The van der Waals surface area contributed by atoms with Crippen LogP contribution in [-0.2, 0) is 24.3 Å². The number of nitrogens with zero attached hydrogens (tertiary/aromatic N) is 1. The van der Waals surface area contributed by atoms with Crippen LogP contribution in [0.3, 0.4) is 0 Å². The van der Waals surface area contributed by atoms with Crippen LogP contribution in [-0.4, -0.2) is 59.2 Å². The van der Waals surface area contributed by atoms with Crippen LogP contribution in [0.2, 0.25) is 5.02 Å². The maximum absolute atomic E-state index is 12.9. The molecule has 0 aliphatic carbocycles. The molecule has 132 valence electrons. The molecule has 2 saturated heterocycles.